The Hall–Kier alpha value is -1.22. The summed E-state index contributed by atoms with van der Waals surface area (Å²) in [6, 6.07) is 6.61. The predicted molar refractivity (Wildman–Crippen MR) is 107 cm³/mol. The van der Waals surface area contributed by atoms with Crippen molar-refractivity contribution in [3.05, 3.63) is 51.8 Å². The van der Waals surface area contributed by atoms with Crippen molar-refractivity contribution in [2.24, 2.45) is 10.4 Å². The number of aliphatic imine (C=N–C) groups is 1. The molecule has 1 aromatic rings. The standard InChI is InChI=1S/C21H27BrFN/c1-8-18(24-13-15(22)12-23)14-9-10-16-17(11-14)20(4,5)21(6,7)19(16,2)3/h8-13H,1-7H3/b15-12-,18-8-,24-13-. The van der Waals surface area contributed by atoms with Crippen molar-refractivity contribution in [2.75, 3.05) is 0 Å². The fourth-order valence-corrected chi connectivity index (χ4v) is 3.80. The number of rotatable bonds is 3. The summed E-state index contributed by atoms with van der Waals surface area (Å²) in [5, 5.41) is 0. The predicted octanol–water partition coefficient (Wildman–Crippen LogP) is 6.92. The van der Waals surface area contributed by atoms with Gasteiger partial charge in [-0.2, -0.15) is 0 Å². The number of hydrogen-bond donors (Lipinski definition) is 0. The minimum atomic E-state index is 0.0594. The Balaban J connectivity index is 2.57. The first-order valence-corrected chi connectivity index (χ1v) is 9.11. The van der Waals surface area contributed by atoms with Crippen LogP contribution in [0.4, 0.5) is 4.39 Å². The first-order chi connectivity index (χ1) is 11.0. The van der Waals surface area contributed by atoms with Crippen LogP contribution in [0.2, 0.25) is 0 Å². The van der Waals surface area contributed by atoms with Crippen molar-refractivity contribution in [3.63, 3.8) is 0 Å². The molecule has 1 aliphatic rings. The molecule has 0 N–H and O–H groups in total. The summed E-state index contributed by atoms with van der Waals surface area (Å²) in [5.74, 6) is 0. The van der Waals surface area contributed by atoms with Gasteiger partial charge in [-0.1, -0.05) is 59.8 Å². The van der Waals surface area contributed by atoms with Crippen molar-refractivity contribution >= 4 is 27.8 Å². The molecule has 0 saturated carbocycles. The van der Waals surface area contributed by atoms with E-state index in [4.69, 9.17) is 0 Å². The van der Waals surface area contributed by atoms with Gasteiger partial charge in [0.1, 0.15) is 6.33 Å². The van der Waals surface area contributed by atoms with E-state index in [0.29, 0.717) is 10.8 Å². The second-order valence-electron chi connectivity index (χ2n) is 8.06. The average molecular weight is 392 g/mol. The number of allylic oxidation sites excluding steroid dienone is 2. The van der Waals surface area contributed by atoms with E-state index in [-0.39, 0.29) is 16.2 Å². The van der Waals surface area contributed by atoms with Gasteiger partial charge in [-0.25, -0.2) is 4.39 Å². The Morgan fingerprint density at radius 1 is 1.04 bits per heavy atom. The van der Waals surface area contributed by atoms with Crippen LogP contribution < -0.4 is 0 Å². The normalized spacial score (nSPS) is 22.0. The maximum absolute atomic E-state index is 12.5. The van der Waals surface area contributed by atoms with Crippen LogP contribution in [0.5, 0.6) is 0 Å². The van der Waals surface area contributed by atoms with Gasteiger partial charge in [0.2, 0.25) is 0 Å². The zero-order valence-corrected chi connectivity index (χ0v) is 17.3. The highest BCUT2D eigenvalue weighted by Gasteiger charge is 2.56. The second kappa shape index (κ2) is 6.25. The Kier molecular flexibility index (Phi) is 4.98. The molecular weight excluding hydrogens is 365 g/mol. The SMILES string of the molecule is C\C=C(/N=C\C(Br)=C\F)c1ccc2c(c1)C(C)(C)C(C)(C)C2(C)C. The molecule has 0 unspecified atom stereocenters. The molecule has 24 heavy (non-hydrogen) atoms. The number of halogens is 2. The molecular formula is C21H27BrFN. The lowest BCUT2D eigenvalue weighted by atomic mass is 9.59. The highest BCUT2D eigenvalue weighted by Crippen LogP contribution is 2.61. The third-order valence-electron chi connectivity index (χ3n) is 6.49. The van der Waals surface area contributed by atoms with Crippen LogP contribution >= 0.6 is 15.9 Å². The van der Waals surface area contributed by atoms with Gasteiger partial charge in [0.05, 0.1) is 10.2 Å². The molecule has 1 aromatic carbocycles. The van der Waals surface area contributed by atoms with E-state index in [1.54, 1.807) is 0 Å². The zero-order valence-electron chi connectivity index (χ0n) is 15.7. The molecule has 1 nitrogen and oxygen atoms in total. The second-order valence-corrected chi connectivity index (χ2v) is 8.98. The highest BCUT2D eigenvalue weighted by atomic mass is 79.9. The van der Waals surface area contributed by atoms with Crippen LogP contribution in [0.15, 0.2) is 40.1 Å². The molecule has 2 rings (SSSR count). The number of hydrogen-bond acceptors (Lipinski definition) is 1. The summed E-state index contributed by atoms with van der Waals surface area (Å²) in [4.78, 5) is 4.41. The van der Waals surface area contributed by atoms with E-state index in [2.05, 4.69) is 80.7 Å². The van der Waals surface area contributed by atoms with E-state index >= 15 is 0 Å². The monoisotopic (exact) mass is 391 g/mol. The molecule has 0 amide bonds. The van der Waals surface area contributed by atoms with Gasteiger partial charge in [0, 0.05) is 11.8 Å². The smallest absolute Gasteiger partial charge is 0.102 e. The van der Waals surface area contributed by atoms with Crippen LogP contribution in [0.1, 0.15) is 65.2 Å². The first-order valence-electron chi connectivity index (χ1n) is 8.32. The van der Waals surface area contributed by atoms with E-state index < -0.39 is 0 Å². The topological polar surface area (TPSA) is 12.4 Å². The molecule has 0 atom stereocenters. The third kappa shape index (κ3) is 2.71. The lowest BCUT2D eigenvalue weighted by Gasteiger charge is -2.44. The molecule has 130 valence electrons. The molecule has 0 spiro atoms. The molecule has 1 aliphatic carbocycles. The van der Waals surface area contributed by atoms with Crippen molar-refractivity contribution in [2.45, 2.75) is 59.3 Å². The summed E-state index contributed by atoms with van der Waals surface area (Å²) < 4.78 is 12.8. The van der Waals surface area contributed by atoms with Gasteiger partial charge < -0.3 is 0 Å². The Morgan fingerprint density at radius 3 is 2.17 bits per heavy atom. The fraction of sp³-hybridized carbons (Fsp3) is 0.476. The molecule has 0 fully saturated rings. The number of fused-ring (bicyclic) bond motifs is 1. The van der Waals surface area contributed by atoms with E-state index in [9.17, 15) is 4.39 Å². The summed E-state index contributed by atoms with van der Waals surface area (Å²) in [6.45, 7) is 16.0. The van der Waals surface area contributed by atoms with Gasteiger partial charge in [0.15, 0.2) is 0 Å². The number of benzene rings is 1. The summed E-state index contributed by atoms with van der Waals surface area (Å²) >= 11 is 3.11. The van der Waals surface area contributed by atoms with E-state index in [1.165, 1.54) is 17.3 Å². The summed E-state index contributed by atoms with van der Waals surface area (Å²) in [6.07, 6.45) is 3.93. The van der Waals surface area contributed by atoms with Gasteiger partial charge >= 0.3 is 0 Å². The first kappa shape index (κ1) is 19.1. The zero-order chi connectivity index (χ0) is 18.3. The Labute approximate surface area is 153 Å². The maximum Gasteiger partial charge on any atom is 0.102 e. The molecule has 0 aromatic heterocycles. The third-order valence-corrected chi connectivity index (χ3v) is 6.87. The fourth-order valence-electron chi connectivity index (χ4n) is 3.70. The summed E-state index contributed by atoms with van der Waals surface area (Å²) in [5.41, 5.74) is 4.99. The van der Waals surface area contributed by atoms with Crippen molar-refractivity contribution < 1.29 is 4.39 Å². The van der Waals surface area contributed by atoms with E-state index in [1.807, 2.05) is 13.0 Å². The Morgan fingerprint density at radius 2 is 1.62 bits per heavy atom. The molecule has 0 radical (unpaired) electrons. The average Bonchev–Trinajstić information content (AvgIpc) is 2.63. The highest BCUT2D eigenvalue weighted by molar-refractivity contribution is 9.12. The lowest BCUT2D eigenvalue weighted by Crippen LogP contribution is -2.42. The lowest BCUT2D eigenvalue weighted by molar-refractivity contribution is 0.125. The van der Waals surface area contributed by atoms with Gasteiger partial charge in [-0.3, -0.25) is 4.99 Å². The quantitative estimate of drug-likeness (QED) is 0.495. The summed E-state index contributed by atoms with van der Waals surface area (Å²) in [7, 11) is 0. The minimum Gasteiger partial charge on any atom is -0.255 e. The minimum absolute atomic E-state index is 0.0594. The maximum atomic E-state index is 12.5. The molecule has 0 aliphatic heterocycles. The van der Waals surface area contributed by atoms with Crippen LogP contribution in [0, 0.1) is 5.41 Å². The van der Waals surface area contributed by atoms with Gasteiger partial charge in [-0.05, 0) is 56.3 Å². The molecule has 0 heterocycles. The van der Waals surface area contributed by atoms with Crippen molar-refractivity contribution in [1.29, 1.82) is 0 Å². The van der Waals surface area contributed by atoms with Crippen molar-refractivity contribution in [3.8, 4) is 0 Å². The van der Waals surface area contributed by atoms with Crippen LogP contribution in [0.25, 0.3) is 5.70 Å². The van der Waals surface area contributed by atoms with Gasteiger partial charge in [-0.15, -0.1) is 0 Å². The van der Waals surface area contributed by atoms with Gasteiger partial charge in [0.25, 0.3) is 0 Å². The van der Waals surface area contributed by atoms with Crippen LogP contribution in [-0.4, -0.2) is 6.21 Å². The largest absolute Gasteiger partial charge is 0.255 e. The van der Waals surface area contributed by atoms with Crippen LogP contribution in [0.3, 0.4) is 0 Å². The van der Waals surface area contributed by atoms with Crippen LogP contribution in [-0.2, 0) is 10.8 Å². The van der Waals surface area contributed by atoms with Crippen molar-refractivity contribution in [1.82, 2.24) is 0 Å². The number of nitrogens with zero attached hydrogens (tertiary/aromatic N) is 1. The van der Waals surface area contributed by atoms with E-state index in [0.717, 1.165) is 11.3 Å². The molecule has 0 bridgehead atoms. The Bertz CT molecular complexity index is 736. The molecule has 3 heteroatoms. The molecule has 0 saturated heterocycles.